The van der Waals surface area contributed by atoms with Crippen LogP contribution in [0.1, 0.15) is 17.3 Å². The lowest BCUT2D eigenvalue weighted by molar-refractivity contribution is 0.0697. The van der Waals surface area contributed by atoms with Gasteiger partial charge in [0.05, 0.1) is 5.56 Å². The van der Waals surface area contributed by atoms with Gasteiger partial charge in [-0.25, -0.2) is 9.59 Å². The number of aromatic carboxylic acids is 1. The molecule has 0 aliphatic heterocycles. The van der Waals surface area contributed by atoms with Crippen LogP contribution in [0, 0.1) is 0 Å². The Morgan fingerprint density at radius 2 is 2.11 bits per heavy atom. The number of carboxylic acid groups (broad SMARTS) is 1. The molecule has 0 heterocycles. The number of carboxylic acids is 1. The Kier molecular flexibility index (Phi) is 5.50. The fourth-order valence-electron chi connectivity index (χ4n) is 1.51. The van der Waals surface area contributed by atoms with E-state index in [9.17, 15) is 13.8 Å². The van der Waals surface area contributed by atoms with E-state index in [2.05, 4.69) is 10.6 Å². The highest BCUT2D eigenvalue weighted by molar-refractivity contribution is 7.84. The molecule has 7 heteroatoms. The first kappa shape index (κ1) is 15.2. The molecule has 0 saturated carbocycles. The quantitative estimate of drug-likeness (QED) is 0.758. The molecule has 0 aliphatic carbocycles. The molecule has 0 aromatic heterocycles. The molecule has 1 aromatic rings. The lowest BCUT2D eigenvalue weighted by atomic mass is 10.2. The Hall–Kier alpha value is -1.89. The molecule has 0 spiro atoms. The standard InChI is InChI=1S/C12H16N2O4S/c1-8(7-19(2)18)13-12(17)14-10-5-3-4-9(6-10)11(15)16/h3-6,8H,7H2,1-2H3,(H,15,16)(H2,13,14,17). The monoisotopic (exact) mass is 284 g/mol. The molecule has 2 unspecified atom stereocenters. The van der Waals surface area contributed by atoms with E-state index in [1.807, 2.05) is 0 Å². The molecular formula is C12H16N2O4S. The highest BCUT2D eigenvalue weighted by Gasteiger charge is 2.10. The summed E-state index contributed by atoms with van der Waals surface area (Å²) < 4.78 is 11.0. The first-order chi connectivity index (χ1) is 8.88. The zero-order valence-corrected chi connectivity index (χ0v) is 11.5. The minimum absolute atomic E-state index is 0.0977. The van der Waals surface area contributed by atoms with Gasteiger partial charge < -0.3 is 15.7 Å². The molecule has 0 radical (unpaired) electrons. The summed E-state index contributed by atoms with van der Waals surface area (Å²) in [5.41, 5.74) is 0.489. The number of carbonyl (C=O) groups is 2. The number of urea groups is 1. The number of hydrogen-bond acceptors (Lipinski definition) is 3. The van der Waals surface area contributed by atoms with Crippen molar-refractivity contribution < 1.29 is 18.9 Å². The maximum absolute atomic E-state index is 11.6. The number of rotatable bonds is 5. The van der Waals surface area contributed by atoms with Gasteiger partial charge in [0, 0.05) is 34.5 Å². The highest BCUT2D eigenvalue weighted by atomic mass is 32.2. The predicted molar refractivity (Wildman–Crippen MR) is 74.0 cm³/mol. The van der Waals surface area contributed by atoms with Crippen LogP contribution in [-0.2, 0) is 10.8 Å². The second-order valence-corrected chi connectivity index (χ2v) is 5.61. The minimum atomic E-state index is -1.06. The number of amides is 2. The van der Waals surface area contributed by atoms with E-state index < -0.39 is 22.8 Å². The van der Waals surface area contributed by atoms with Crippen molar-refractivity contribution in [3.8, 4) is 0 Å². The van der Waals surface area contributed by atoms with Crippen LogP contribution in [0.3, 0.4) is 0 Å². The number of hydrogen-bond donors (Lipinski definition) is 3. The van der Waals surface area contributed by atoms with E-state index in [4.69, 9.17) is 5.11 Å². The smallest absolute Gasteiger partial charge is 0.335 e. The summed E-state index contributed by atoms with van der Waals surface area (Å²) in [6.07, 6.45) is 1.56. The second kappa shape index (κ2) is 6.89. The Bertz CT molecular complexity index is 504. The van der Waals surface area contributed by atoms with Gasteiger partial charge in [0.1, 0.15) is 0 Å². The molecule has 0 saturated heterocycles. The summed E-state index contributed by atoms with van der Waals surface area (Å²) in [6, 6.07) is 5.26. The van der Waals surface area contributed by atoms with Crippen LogP contribution < -0.4 is 10.6 Å². The van der Waals surface area contributed by atoms with Crippen molar-refractivity contribution >= 4 is 28.5 Å². The van der Waals surface area contributed by atoms with E-state index in [0.29, 0.717) is 11.4 Å². The van der Waals surface area contributed by atoms with Crippen molar-refractivity contribution in [2.24, 2.45) is 0 Å². The van der Waals surface area contributed by atoms with Gasteiger partial charge in [0.2, 0.25) is 0 Å². The summed E-state index contributed by atoms with van der Waals surface area (Å²) in [4.78, 5) is 22.4. The predicted octanol–water partition coefficient (Wildman–Crippen LogP) is 1.27. The molecular weight excluding hydrogens is 268 g/mol. The van der Waals surface area contributed by atoms with E-state index in [1.165, 1.54) is 12.1 Å². The molecule has 6 nitrogen and oxygen atoms in total. The van der Waals surface area contributed by atoms with Crippen molar-refractivity contribution in [3.05, 3.63) is 29.8 Å². The maximum Gasteiger partial charge on any atom is 0.335 e. The number of benzene rings is 1. The number of anilines is 1. The highest BCUT2D eigenvalue weighted by Crippen LogP contribution is 2.10. The lowest BCUT2D eigenvalue weighted by Gasteiger charge is -2.13. The summed E-state index contributed by atoms with van der Waals surface area (Å²) in [7, 11) is -0.989. The van der Waals surface area contributed by atoms with Gasteiger partial charge in [-0.1, -0.05) is 6.07 Å². The third-order valence-corrected chi connectivity index (χ3v) is 3.20. The molecule has 19 heavy (non-hydrogen) atoms. The van der Waals surface area contributed by atoms with Gasteiger partial charge in [-0.2, -0.15) is 0 Å². The zero-order valence-electron chi connectivity index (χ0n) is 10.7. The Balaban J connectivity index is 2.59. The van der Waals surface area contributed by atoms with E-state index in [0.717, 1.165) is 0 Å². The Morgan fingerprint density at radius 3 is 2.68 bits per heavy atom. The van der Waals surface area contributed by atoms with Gasteiger partial charge >= 0.3 is 12.0 Å². The molecule has 104 valence electrons. The van der Waals surface area contributed by atoms with Crippen molar-refractivity contribution in [1.29, 1.82) is 0 Å². The van der Waals surface area contributed by atoms with Crippen molar-refractivity contribution in [3.63, 3.8) is 0 Å². The van der Waals surface area contributed by atoms with Gasteiger partial charge in [-0.15, -0.1) is 0 Å². The fourth-order valence-corrected chi connectivity index (χ4v) is 2.30. The number of nitrogens with one attached hydrogen (secondary N) is 2. The first-order valence-corrected chi connectivity index (χ1v) is 7.32. The van der Waals surface area contributed by atoms with Crippen LogP contribution in [-0.4, -0.2) is 39.4 Å². The summed E-state index contributed by atoms with van der Waals surface area (Å²) in [6.45, 7) is 1.74. The van der Waals surface area contributed by atoms with Crippen LogP contribution >= 0.6 is 0 Å². The molecule has 3 N–H and O–H groups in total. The van der Waals surface area contributed by atoms with Crippen molar-refractivity contribution in [1.82, 2.24) is 5.32 Å². The van der Waals surface area contributed by atoms with Crippen LogP contribution in [0.4, 0.5) is 10.5 Å². The Morgan fingerprint density at radius 1 is 1.42 bits per heavy atom. The first-order valence-electron chi connectivity index (χ1n) is 5.59. The minimum Gasteiger partial charge on any atom is -0.478 e. The Labute approximate surface area is 113 Å². The topological polar surface area (TPSA) is 95.5 Å². The molecule has 0 aliphatic rings. The maximum atomic E-state index is 11.6. The summed E-state index contributed by atoms with van der Waals surface area (Å²) >= 11 is 0. The molecule has 2 amide bonds. The SMILES string of the molecule is CC(CS(C)=O)NC(=O)Nc1cccc(C(=O)O)c1. The van der Waals surface area contributed by atoms with Gasteiger partial charge in [-0.05, 0) is 25.1 Å². The third kappa shape index (κ3) is 5.52. The second-order valence-electron chi connectivity index (χ2n) is 4.13. The lowest BCUT2D eigenvalue weighted by Crippen LogP contribution is -2.39. The summed E-state index contributed by atoms with van der Waals surface area (Å²) in [5, 5.41) is 14.0. The normalized spacial score (nSPS) is 13.4. The van der Waals surface area contributed by atoms with Gasteiger partial charge in [0.25, 0.3) is 0 Å². The molecule has 2 atom stereocenters. The van der Waals surface area contributed by atoms with Gasteiger partial charge in [0.15, 0.2) is 0 Å². The van der Waals surface area contributed by atoms with E-state index in [1.54, 1.807) is 25.3 Å². The average Bonchev–Trinajstić information content (AvgIpc) is 2.27. The van der Waals surface area contributed by atoms with Crippen LogP contribution in [0.2, 0.25) is 0 Å². The van der Waals surface area contributed by atoms with Crippen molar-refractivity contribution in [2.45, 2.75) is 13.0 Å². The summed E-state index contributed by atoms with van der Waals surface area (Å²) in [5.74, 6) is -0.693. The third-order valence-electron chi connectivity index (χ3n) is 2.23. The average molecular weight is 284 g/mol. The molecule has 1 rings (SSSR count). The largest absolute Gasteiger partial charge is 0.478 e. The van der Waals surface area contributed by atoms with Crippen LogP contribution in [0.15, 0.2) is 24.3 Å². The molecule has 0 bridgehead atoms. The molecule has 0 fully saturated rings. The van der Waals surface area contributed by atoms with Crippen LogP contribution in [0.5, 0.6) is 0 Å². The number of carbonyl (C=O) groups excluding carboxylic acids is 1. The van der Waals surface area contributed by atoms with Crippen molar-refractivity contribution in [2.75, 3.05) is 17.3 Å². The van der Waals surface area contributed by atoms with E-state index >= 15 is 0 Å². The van der Waals surface area contributed by atoms with E-state index in [-0.39, 0.29) is 11.6 Å². The van der Waals surface area contributed by atoms with Gasteiger partial charge in [-0.3, -0.25) is 4.21 Å². The zero-order chi connectivity index (χ0) is 14.4. The fraction of sp³-hybridized carbons (Fsp3) is 0.333. The van der Waals surface area contributed by atoms with Crippen LogP contribution in [0.25, 0.3) is 0 Å². The molecule has 1 aromatic carbocycles.